The lowest BCUT2D eigenvalue weighted by atomic mass is 9.76. The summed E-state index contributed by atoms with van der Waals surface area (Å²) in [7, 11) is 0. The molecule has 2 saturated heterocycles. The third-order valence-electron chi connectivity index (χ3n) is 4.70. The average Bonchev–Trinajstić information content (AvgIpc) is 2.81. The number of nitrogens with one attached hydrogen (secondary N) is 2. The van der Waals surface area contributed by atoms with Crippen molar-refractivity contribution < 1.29 is 14.3 Å². The number of rotatable bonds is 0. The fraction of sp³-hybridized carbons (Fsp3) is 0.846. The number of alkyl carbamates (subject to hydrolysis) is 1. The van der Waals surface area contributed by atoms with E-state index in [0.717, 1.165) is 25.7 Å². The molecule has 2 amide bonds. The van der Waals surface area contributed by atoms with Crippen molar-refractivity contribution in [3.05, 3.63) is 0 Å². The van der Waals surface area contributed by atoms with Crippen molar-refractivity contribution in [1.29, 1.82) is 0 Å². The zero-order valence-corrected chi connectivity index (χ0v) is 10.6. The molecule has 2 N–H and O–H groups in total. The van der Waals surface area contributed by atoms with Crippen LogP contribution in [-0.4, -0.2) is 29.7 Å². The zero-order valence-electron chi connectivity index (χ0n) is 10.6. The minimum atomic E-state index is -0.241. The fourth-order valence-electron chi connectivity index (χ4n) is 3.12. The number of ether oxygens (including phenoxy) is 1. The van der Waals surface area contributed by atoms with E-state index >= 15 is 0 Å². The minimum absolute atomic E-state index is 0.0666. The number of hydrogen-bond acceptors (Lipinski definition) is 3. The van der Waals surface area contributed by atoms with Gasteiger partial charge in [-0.2, -0.15) is 0 Å². The van der Waals surface area contributed by atoms with Gasteiger partial charge in [0.15, 0.2) is 0 Å². The molecule has 0 unspecified atom stereocenters. The lowest BCUT2D eigenvalue weighted by Gasteiger charge is -2.37. The van der Waals surface area contributed by atoms with Crippen molar-refractivity contribution in [1.82, 2.24) is 10.6 Å². The number of carbonyl (C=O) groups is 2. The molecule has 5 nitrogen and oxygen atoms in total. The first-order chi connectivity index (χ1) is 8.62. The molecule has 0 aromatic carbocycles. The van der Waals surface area contributed by atoms with Gasteiger partial charge < -0.3 is 15.4 Å². The van der Waals surface area contributed by atoms with Crippen LogP contribution in [0.5, 0.6) is 0 Å². The number of hydrogen-bond donors (Lipinski definition) is 2. The zero-order chi connectivity index (χ0) is 12.6. The number of cyclic esters (lactones) is 1. The fourth-order valence-corrected chi connectivity index (χ4v) is 3.12. The van der Waals surface area contributed by atoms with E-state index in [9.17, 15) is 9.59 Å². The molecule has 4 rings (SSSR count). The van der Waals surface area contributed by atoms with Gasteiger partial charge in [0.1, 0.15) is 6.61 Å². The lowest BCUT2D eigenvalue weighted by Crippen LogP contribution is -2.49. The summed E-state index contributed by atoms with van der Waals surface area (Å²) in [6.07, 6.45) is 8.78. The van der Waals surface area contributed by atoms with Crippen LogP contribution in [0, 0.1) is 0 Å². The van der Waals surface area contributed by atoms with Gasteiger partial charge in [0.05, 0.1) is 5.54 Å². The van der Waals surface area contributed by atoms with E-state index in [1.54, 1.807) is 0 Å². The van der Waals surface area contributed by atoms with Crippen LogP contribution < -0.4 is 10.6 Å². The van der Waals surface area contributed by atoms with Crippen LogP contribution in [0.3, 0.4) is 0 Å². The van der Waals surface area contributed by atoms with Crippen molar-refractivity contribution in [2.45, 2.75) is 62.4 Å². The van der Waals surface area contributed by atoms with Crippen LogP contribution >= 0.6 is 0 Å². The monoisotopic (exact) mass is 252 g/mol. The smallest absolute Gasteiger partial charge is 0.407 e. The SMILES string of the molecule is O=C1CCC2(CCC2)N1.O=C1NC2(CCC2)CO1. The molecule has 2 aliphatic carbocycles. The van der Waals surface area contributed by atoms with Gasteiger partial charge in [-0.25, -0.2) is 4.79 Å². The first-order valence-electron chi connectivity index (χ1n) is 6.88. The van der Waals surface area contributed by atoms with Gasteiger partial charge in [-0.15, -0.1) is 0 Å². The molecule has 2 saturated carbocycles. The Kier molecular flexibility index (Phi) is 2.72. The summed E-state index contributed by atoms with van der Waals surface area (Å²) in [5.41, 5.74) is 0.355. The van der Waals surface area contributed by atoms with Crippen LogP contribution in [0.2, 0.25) is 0 Å². The number of carbonyl (C=O) groups excluding carboxylic acids is 2. The maximum atomic E-state index is 10.7. The minimum Gasteiger partial charge on any atom is -0.447 e. The maximum Gasteiger partial charge on any atom is 0.407 e. The second-order valence-corrected chi connectivity index (χ2v) is 6.02. The standard InChI is InChI=1S/C7H11NO.C6H9NO2/c9-6-2-5-7(8-6)3-1-4-7;8-5-7-6(4-9-5)2-1-3-6/h1-5H2,(H,8,9);1-4H2,(H,7,8). The van der Waals surface area contributed by atoms with Crippen molar-refractivity contribution >= 4 is 12.0 Å². The van der Waals surface area contributed by atoms with E-state index in [-0.39, 0.29) is 23.1 Å². The van der Waals surface area contributed by atoms with Crippen molar-refractivity contribution in [3.8, 4) is 0 Å². The van der Waals surface area contributed by atoms with Crippen molar-refractivity contribution in [3.63, 3.8) is 0 Å². The molecule has 18 heavy (non-hydrogen) atoms. The highest BCUT2D eigenvalue weighted by Gasteiger charge is 2.44. The van der Waals surface area contributed by atoms with Crippen LogP contribution in [0.1, 0.15) is 51.4 Å². The van der Waals surface area contributed by atoms with Crippen molar-refractivity contribution in [2.24, 2.45) is 0 Å². The molecule has 100 valence electrons. The van der Waals surface area contributed by atoms with Gasteiger partial charge in [-0.1, -0.05) is 0 Å². The third kappa shape index (κ3) is 2.06. The Balaban J connectivity index is 0.000000111. The van der Waals surface area contributed by atoms with E-state index in [4.69, 9.17) is 4.74 Å². The molecule has 2 spiro atoms. The Bertz CT molecular complexity index is 336. The summed E-state index contributed by atoms with van der Waals surface area (Å²) in [5, 5.41) is 5.83. The average molecular weight is 252 g/mol. The maximum absolute atomic E-state index is 10.7. The molecule has 4 aliphatic rings. The highest BCUT2D eigenvalue weighted by molar-refractivity contribution is 5.79. The second-order valence-electron chi connectivity index (χ2n) is 6.02. The van der Waals surface area contributed by atoms with E-state index in [1.807, 2.05) is 0 Å². The van der Waals surface area contributed by atoms with E-state index in [1.165, 1.54) is 25.7 Å². The predicted molar refractivity (Wildman–Crippen MR) is 65.0 cm³/mol. The van der Waals surface area contributed by atoms with Crippen molar-refractivity contribution in [2.75, 3.05) is 6.61 Å². The van der Waals surface area contributed by atoms with Gasteiger partial charge in [0.2, 0.25) is 5.91 Å². The Hall–Kier alpha value is -1.26. The molecule has 0 atom stereocenters. The number of amides is 2. The Morgan fingerprint density at radius 1 is 0.889 bits per heavy atom. The molecular formula is C13H20N2O3. The molecular weight excluding hydrogens is 232 g/mol. The summed E-state index contributed by atoms with van der Waals surface area (Å²) in [5.74, 6) is 0.259. The first-order valence-corrected chi connectivity index (χ1v) is 6.88. The van der Waals surface area contributed by atoms with Crippen LogP contribution in [0.15, 0.2) is 0 Å². The van der Waals surface area contributed by atoms with Gasteiger partial charge in [0, 0.05) is 12.0 Å². The topological polar surface area (TPSA) is 67.4 Å². The second kappa shape index (κ2) is 4.14. The van der Waals surface area contributed by atoms with Gasteiger partial charge in [-0.05, 0) is 44.9 Å². The van der Waals surface area contributed by atoms with Gasteiger partial charge >= 0.3 is 6.09 Å². The quantitative estimate of drug-likeness (QED) is 0.686. The van der Waals surface area contributed by atoms with Gasteiger partial charge in [-0.3, -0.25) is 4.79 Å². The molecule has 4 fully saturated rings. The summed E-state index contributed by atoms with van der Waals surface area (Å²) in [6.45, 7) is 0.589. The van der Waals surface area contributed by atoms with Crippen LogP contribution in [0.4, 0.5) is 4.79 Å². The largest absolute Gasteiger partial charge is 0.447 e. The summed E-state index contributed by atoms with van der Waals surface area (Å²) in [4.78, 5) is 21.3. The van der Waals surface area contributed by atoms with Crippen LogP contribution in [-0.2, 0) is 9.53 Å². The highest BCUT2D eigenvalue weighted by Crippen LogP contribution is 2.38. The van der Waals surface area contributed by atoms with E-state index < -0.39 is 0 Å². The molecule has 0 aromatic heterocycles. The Morgan fingerprint density at radius 3 is 1.78 bits per heavy atom. The molecule has 0 radical (unpaired) electrons. The molecule has 0 aromatic rings. The molecule has 2 heterocycles. The Labute approximate surface area is 107 Å². The third-order valence-corrected chi connectivity index (χ3v) is 4.70. The molecule has 2 aliphatic heterocycles. The van der Waals surface area contributed by atoms with Gasteiger partial charge in [0.25, 0.3) is 0 Å². The Morgan fingerprint density at radius 2 is 1.56 bits per heavy atom. The summed E-state index contributed by atoms with van der Waals surface area (Å²) < 4.78 is 4.76. The predicted octanol–water partition coefficient (Wildman–Crippen LogP) is 1.47. The normalized spacial score (nSPS) is 29.6. The molecule has 0 bridgehead atoms. The summed E-state index contributed by atoms with van der Waals surface area (Å²) in [6, 6.07) is 0. The molecule has 5 heteroatoms. The first kappa shape index (κ1) is 11.8. The lowest BCUT2D eigenvalue weighted by molar-refractivity contribution is -0.120. The highest BCUT2D eigenvalue weighted by atomic mass is 16.6. The van der Waals surface area contributed by atoms with E-state index in [2.05, 4.69) is 10.6 Å². The summed E-state index contributed by atoms with van der Waals surface area (Å²) >= 11 is 0. The van der Waals surface area contributed by atoms with E-state index in [0.29, 0.717) is 6.61 Å². The van der Waals surface area contributed by atoms with Crippen LogP contribution in [0.25, 0.3) is 0 Å².